The van der Waals surface area contributed by atoms with E-state index in [0.29, 0.717) is 0 Å². The molecular weight excluding hydrogens is 178 g/mol. The van der Waals surface area contributed by atoms with Crippen molar-refractivity contribution in [2.45, 2.75) is 18.6 Å². The fourth-order valence-electron chi connectivity index (χ4n) is 1.93. The molecule has 76 valence electrons. The molecule has 1 aromatic rings. The molecule has 0 unspecified atom stereocenters. The first-order valence-corrected chi connectivity index (χ1v) is 4.87. The molecule has 1 aromatic carbocycles. The van der Waals surface area contributed by atoms with Gasteiger partial charge in [-0.1, -0.05) is 18.2 Å². The number of rotatable bonds is 2. The van der Waals surface area contributed by atoms with Crippen molar-refractivity contribution >= 4 is 0 Å². The molecule has 0 amide bonds. The third-order valence-corrected chi connectivity index (χ3v) is 2.66. The zero-order chi connectivity index (χ0) is 9.97. The summed E-state index contributed by atoms with van der Waals surface area (Å²) in [7, 11) is 1.65. The van der Waals surface area contributed by atoms with Crippen molar-refractivity contribution in [3.8, 4) is 5.75 Å². The summed E-state index contributed by atoms with van der Waals surface area (Å²) in [5.41, 5.74) is 1.04. The summed E-state index contributed by atoms with van der Waals surface area (Å²) in [6, 6.07) is 7.83. The lowest BCUT2D eigenvalue weighted by molar-refractivity contribution is 0.158. The van der Waals surface area contributed by atoms with Crippen LogP contribution in [0.15, 0.2) is 24.3 Å². The predicted molar refractivity (Wildman–Crippen MR) is 54.4 cm³/mol. The first-order valence-electron chi connectivity index (χ1n) is 4.87. The summed E-state index contributed by atoms with van der Waals surface area (Å²) in [5, 5.41) is 13.0. The van der Waals surface area contributed by atoms with Crippen LogP contribution in [0.25, 0.3) is 0 Å². The number of methoxy groups -OCH3 is 1. The molecule has 0 aliphatic carbocycles. The molecule has 0 spiro atoms. The van der Waals surface area contributed by atoms with Crippen molar-refractivity contribution < 1.29 is 9.84 Å². The number of ether oxygens (including phenoxy) is 1. The molecule has 1 saturated heterocycles. The van der Waals surface area contributed by atoms with Gasteiger partial charge in [0.15, 0.2) is 0 Å². The molecule has 3 heteroatoms. The second-order valence-corrected chi connectivity index (χ2v) is 3.53. The molecule has 0 radical (unpaired) electrons. The minimum atomic E-state index is -0.300. The van der Waals surface area contributed by atoms with Crippen molar-refractivity contribution in [3.05, 3.63) is 29.8 Å². The van der Waals surface area contributed by atoms with Gasteiger partial charge >= 0.3 is 0 Å². The summed E-state index contributed by atoms with van der Waals surface area (Å²) in [5.74, 6) is 0.839. The normalized spacial score (nSPS) is 26.4. The van der Waals surface area contributed by atoms with Crippen LogP contribution in [0, 0.1) is 0 Å². The third kappa shape index (κ3) is 1.61. The number of para-hydroxylation sites is 1. The van der Waals surface area contributed by atoms with Crippen LogP contribution in [0.4, 0.5) is 0 Å². The van der Waals surface area contributed by atoms with Gasteiger partial charge in [-0.05, 0) is 19.0 Å². The van der Waals surface area contributed by atoms with E-state index in [4.69, 9.17) is 4.74 Å². The lowest BCUT2D eigenvalue weighted by Crippen LogP contribution is -2.21. The molecule has 1 fully saturated rings. The Morgan fingerprint density at radius 2 is 2.21 bits per heavy atom. The van der Waals surface area contributed by atoms with Crippen LogP contribution in [0.3, 0.4) is 0 Å². The lowest BCUT2D eigenvalue weighted by atomic mass is 10.0. The smallest absolute Gasteiger partial charge is 0.123 e. The topological polar surface area (TPSA) is 41.5 Å². The number of benzene rings is 1. The largest absolute Gasteiger partial charge is 0.496 e. The monoisotopic (exact) mass is 193 g/mol. The standard InChI is InChI=1S/C11H15NO2/c1-14-10-5-3-2-4-8(10)11-9(13)6-7-12-11/h2-5,9,11-13H,6-7H2,1H3/t9-,11+/m1/s1. The Morgan fingerprint density at radius 1 is 1.43 bits per heavy atom. The van der Waals surface area contributed by atoms with Crippen LogP contribution < -0.4 is 10.1 Å². The van der Waals surface area contributed by atoms with E-state index in [-0.39, 0.29) is 12.1 Å². The average Bonchev–Trinajstić information content (AvgIpc) is 2.64. The van der Waals surface area contributed by atoms with Crippen molar-refractivity contribution in [3.63, 3.8) is 0 Å². The number of aliphatic hydroxyl groups is 1. The highest BCUT2D eigenvalue weighted by Crippen LogP contribution is 2.30. The fraction of sp³-hybridized carbons (Fsp3) is 0.455. The van der Waals surface area contributed by atoms with Crippen molar-refractivity contribution in [1.82, 2.24) is 5.32 Å². The molecule has 1 aliphatic rings. The maximum Gasteiger partial charge on any atom is 0.123 e. The Kier molecular flexibility index (Phi) is 2.70. The van der Waals surface area contributed by atoms with E-state index in [1.807, 2.05) is 24.3 Å². The third-order valence-electron chi connectivity index (χ3n) is 2.66. The maximum atomic E-state index is 9.74. The van der Waals surface area contributed by atoms with Gasteiger partial charge in [-0.2, -0.15) is 0 Å². The predicted octanol–water partition coefficient (Wildman–Crippen LogP) is 1.09. The Morgan fingerprint density at radius 3 is 2.86 bits per heavy atom. The van der Waals surface area contributed by atoms with E-state index in [2.05, 4.69) is 5.32 Å². The van der Waals surface area contributed by atoms with E-state index < -0.39 is 0 Å². The highest BCUT2D eigenvalue weighted by Gasteiger charge is 2.27. The van der Waals surface area contributed by atoms with Gasteiger partial charge in [0.05, 0.1) is 19.3 Å². The van der Waals surface area contributed by atoms with Crippen molar-refractivity contribution in [1.29, 1.82) is 0 Å². The van der Waals surface area contributed by atoms with Gasteiger partial charge in [0.25, 0.3) is 0 Å². The zero-order valence-corrected chi connectivity index (χ0v) is 8.23. The van der Waals surface area contributed by atoms with Crippen molar-refractivity contribution in [2.24, 2.45) is 0 Å². The second-order valence-electron chi connectivity index (χ2n) is 3.53. The van der Waals surface area contributed by atoms with E-state index in [1.165, 1.54) is 0 Å². The Labute approximate surface area is 83.7 Å². The Hall–Kier alpha value is -1.06. The number of hydrogen-bond donors (Lipinski definition) is 2. The first kappa shape index (κ1) is 9.49. The highest BCUT2D eigenvalue weighted by molar-refractivity contribution is 5.37. The van der Waals surface area contributed by atoms with Gasteiger partial charge in [0.1, 0.15) is 5.75 Å². The summed E-state index contributed by atoms with van der Waals surface area (Å²) < 4.78 is 5.25. The van der Waals surface area contributed by atoms with Gasteiger partial charge < -0.3 is 15.2 Å². The van der Waals surface area contributed by atoms with Crippen LogP contribution >= 0.6 is 0 Å². The molecule has 2 N–H and O–H groups in total. The maximum absolute atomic E-state index is 9.74. The number of hydrogen-bond acceptors (Lipinski definition) is 3. The molecule has 1 aliphatic heterocycles. The van der Waals surface area contributed by atoms with Gasteiger partial charge in [0.2, 0.25) is 0 Å². The van der Waals surface area contributed by atoms with Crippen LogP contribution in [0.2, 0.25) is 0 Å². The van der Waals surface area contributed by atoms with Gasteiger partial charge in [0, 0.05) is 5.56 Å². The molecule has 2 rings (SSSR count). The minimum absolute atomic E-state index is 0.0196. The second kappa shape index (κ2) is 3.98. The zero-order valence-electron chi connectivity index (χ0n) is 8.23. The van der Waals surface area contributed by atoms with Crippen LogP contribution in [-0.4, -0.2) is 24.9 Å². The summed E-state index contributed by atoms with van der Waals surface area (Å²) in [4.78, 5) is 0. The Bertz CT molecular complexity index is 314. The van der Waals surface area contributed by atoms with Crippen molar-refractivity contribution in [2.75, 3.05) is 13.7 Å². The van der Waals surface area contributed by atoms with E-state index in [9.17, 15) is 5.11 Å². The summed E-state index contributed by atoms with van der Waals surface area (Å²) >= 11 is 0. The molecule has 0 aromatic heterocycles. The summed E-state index contributed by atoms with van der Waals surface area (Å²) in [6.07, 6.45) is 0.509. The van der Waals surface area contributed by atoms with E-state index in [0.717, 1.165) is 24.3 Å². The molecule has 2 atom stereocenters. The number of aliphatic hydroxyl groups excluding tert-OH is 1. The molecular formula is C11H15NO2. The molecule has 1 heterocycles. The average molecular weight is 193 g/mol. The molecule has 3 nitrogen and oxygen atoms in total. The van der Waals surface area contributed by atoms with Gasteiger partial charge in [-0.15, -0.1) is 0 Å². The Balaban J connectivity index is 2.30. The SMILES string of the molecule is COc1ccccc1[C@@H]1NCC[C@H]1O. The highest BCUT2D eigenvalue weighted by atomic mass is 16.5. The minimum Gasteiger partial charge on any atom is -0.496 e. The van der Waals surface area contributed by atoms with Gasteiger partial charge in [-0.25, -0.2) is 0 Å². The van der Waals surface area contributed by atoms with E-state index >= 15 is 0 Å². The van der Waals surface area contributed by atoms with E-state index in [1.54, 1.807) is 7.11 Å². The molecule has 0 saturated carbocycles. The van der Waals surface area contributed by atoms with Crippen LogP contribution in [0.1, 0.15) is 18.0 Å². The lowest BCUT2D eigenvalue weighted by Gasteiger charge is -2.17. The first-order chi connectivity index (χ1) is 6.83. The fourth-order valence-corrected chi connectivity index (χ4v) is 1.93. The molecule has 14 heavy (non-hydrogen) atoms. The van der Waals surface area contributed by atoms with Gasteiger partial charge in [-0.3, -0.25) is 0 Å². The quantitative estimate of drug-likeness (QED) is 0.738. The summed E-state index contributed by atoms with van der Waals surface area (Å²) in [6.45, 7) is 0.865. The molecule has 0 bridgehead atoms. The number of nitrogens with one attached hydrogen (secondary N) is 1. The van der Waals surface area contributed by atoms with Crippen LogP contribution in [-0.2, 0) is 0 Å². The van der Waals surface area contributed by atoms with Crippen LogP contribution in [0.5, 0.6) is 5.75 Å².